The second-order valence-corrected chi connectivity index (χ2v) is 6.66. The molecule has 1 unspecified atom stereocenters. The van der Waals surface area contributed by atoms with Crippen molar-refractivity contribution in [1.29, 1.82) is 0 Å². The number of hydrogen-bond acceptors (Lipinski definition) is 2. The predicted molar refractivity (Wildman–Crippen MR) is 82.8 cm³/mol. The molecule has 1 fully saturated rings. The van der Waals surface area contributed by atoms with Gasteiger partial charge in [0.2, 0.25) is 5.91 Å². The smallest absolute Gasteiger partial charge is 0.239 e. The average Bonchev–Trinajstić information content (AvgIpc) is 3.16. The number of nitrogens with one attached hydrogen (secondary N) is 1. The zero-order chi connectivity index (χ0) is 15.7. The lowest BCUT2D eigenvalue weighted by molar-refractivity contribution is -0.126. The summed E-state index contributed by atoms with van der Waals surface area (Å²) < 4.78 is 13.1. The molecule has 21 heavy (non-hydrogen) atoms. The summed E-state index contributed by atoms with van der Waals surface area (Å²) in [5.41, 5.74) is 5.91. The Hall–Kier alpha value is -1.13. The molecule has 3 N–H and O–H groups in total. The third-order valence-corrected chi connectivity index (χ3v) is 4.54. The maximum absolute atomic E-state index is 13.1. The van der Waals surface area contributed by atoms with Crippen molar-refractivity contribution < 1.29 is 9.18 Å². The molecule has 116 valence electrons. The largest absolute Gasteiger partial charge is 0.354 e. The first-order valence-electron chi connectivity index (χ1n) is 7.33. The average molecular weight is 313 g/mol. The number of halogens is 2. The molecule has 0 heterocycles. The van der Waals surface area contributed by atoms with E-state index in [1.807, 2.05) is 6.92 Å². The van der Waals surface area contributed by atoms with Gasteiger partial charge in [0.25, 0.3) is 0 Å². The molecule has 2 rings (SSSR count). The molecule has 0 aliphatic heterocycles. The number of amides is 1. The zero-order valence-electron chi connectivity index (χ0n) is 12.5. The van der Waals surface area contributed by atoms with Gasteiger partial charge in [-0.3, -0.25) is 4.79 Å². The van der Waals surface area contributed by atoms with E-state index in [4.69, 9.17) is 17.3 Å². The molecule has 1 aromatic rings. The number of rotatable bonds is 6. The van der Waals surface area contributed by atoms with Crippen LogP contribution in [0.25, 0.3) is 0 Å². The van der Waals surface area contributed by atoms with Crippen molar-refractivity contribution >= 4 is 17.5 Å². The van der Waals surface area contributed by atoms with Gasteiger partial charge in [0.05, 0.1) is 5.54 Å². The minimum atomic E-state index is -0.850. The third-order valence-electron chi connectivity index (χ3n) is 4.23. The van der Waals surface area contributed by atoms with Gasteiger partial charge < -0.3 is 11.1 Å². The molecular weight excluding hydrogens is 291 g/mol. The van der Waals surface area contributed by atoms with E-state index in [0.29, 0.717) is 18.0 Å². The molecule has 0 saturated heterocycles. The highest BCUT2D eigenvalue weighted by atomic mass is 35.5. The molecule has 3 nitrogen and oxygen atoms in total. The minimum Gasteiger partial charge on any atom is -0.354 e. The van der Waals surface area contributed by atoms with E-state index in [9.17, 15) is 9.18 Å². The first-order chi connectivity index (χ1) is 9.81. The van der Waals surface area contributed by atoms with Crippen LogP contribution in [-0.4, -0.2) is 18.0 Å². The first-order valence-corrected chi connectivity index (χ1v) is 7.71. The van der Waals surface area contributed by atoms with Crippen molar-refractivity contribution in [1.82, 2.24) is 5.32 Å². The Kier molecular flexibility index (Phi) is 4.59. The molecule has 1 aliphatic rings. The second kappa shape index (κ2) is 5.93. The van der Waals surface area contributed by atoms with Gasteiger partial charge in [-0.05, 0) is 43.9 Å². The molecule has 1 aromatic carbocycles. The molecule has 1 amide bonds. The lowest BCUT2D eigenvalue weighted by Gasteiger charge is -2.25. The highest BCUT2D eigenvalue weighted by Crippen LogP contribution is 2.50. The monoisotopic (exact) mass is 312 g/mol. The Labute approximate surface area is 130 Å². The lowest BCUT2D eigenvalue weighted by atomic mass is 9.93. The molecule has 5 heteroatoms. The zero-order valence-corrected chi connectivity index (χ0v) is 13.3. The van der Waals surface area contributed by atoms with E-state index in [0.717, 1.165) is 24.8 Å². The second-order valence-electron chi connectivity index (χ2n) is 6.25. The molecule has 0 bridgehead atoms. The van der Waals surface area contributed by atoms with E-state index in [2.05, 4.69) is 5.32 Å². The predicted octanol–water partition coefficient (Wildman–Crippen LogP) is 3.14. The summed E-state index contributed by atoms with van der Waals surface area (Å²) in [4.78, 5) is 12.2. The van der Waals surface area contributed by atoms with Gasteiger partial charge in [0.1, 0.15) is 5.82 Å². The van der Waals surface area contributed by atoms with Gasteiger partial charge in [0.15, 0.2) is 0 Å². The van der Waals surface area contributed by atoms with Crippen molar-refractivity contribution in [3.63, 3.8) is 0 Å². The van der Waals surface area contributed by atoms with Crippen LogP contribution in [0.3, 0.4) is 0 Å². The SMILES string of the molecule is CCCC(C)(N)C(=O)NCC1(c2ccc(F)cc2Cl)CC1. The van der Waals surface area contributed by atoms with E-state index in [1.54, 1.807) is 13.0 Å². The molecular formula is C16H22ClFN2O. The van der Waals surface area contributed by atoms with Crippen LogP contribution in [0.5, 0.6) is 0 Å². The normalized spacial score (nSPS) is 18.9. The van der Waals surface area contributed by atoms with E-state index < -0.39 is 5.54 Å². The Morgan fingerprint density at radius 2 is 2.19 bits per heavy atom. The summed E-state index contributed by atoms with van der Waals surface area (Å²) in [7, 11) is 0. The van der Waals surface area contributed by atoms with E-state index >= 15 is 0 Å². The maximum Gasteiger partial charge on any atom is 0.239 e. The number of carbonyl (C=O) groups is 1. The first kappa shape index (κ1) is 16.2. The fourth-order valence-corrected chi connectivity index (χ4v) is 3.06. The Bertz CT molecular complexity index is 541. The summed E-state index contributed by atoms with van der Waals surface area (Å²) in [5, 5.41) is 3.36. The number of benzene rings is 1. The minimum absolute atomic E-state index is 0.145. The van der Waals surface area contributed by atoms with E-state index in [-0.39, 0.29) is 17.1 Å². The van der Waals surface area contributed by atoms with E-state index in [1.165, 1.54) is 12.1 Å². The highest BCUT2D eigenvalue weighted by Gasteiger charge is 2.46. The standard InChI is InChI=1S/C16H22ClFN2O/c1-3-6-15(2,19)14(21)20-10-16(7-8-16)12-5-4-11(18)9-13(12)17/h4-5,9H,3,6-8,10,19H2,1-2H3,(H,20,21). The van der Waals surface area contributed by atoms with Crippen LogP contribution < -0.4 is 11.1 Å². The number of carbonyl (C=O) groups excluding carboxylic acids is 1. The molecule has 0 radical (unpaired) electrons. The van der Waals surface area contributed by atoms with Crippen LogP contribution in [0.4, 0.5) is 4.39 Å². The van der Waals surface area contributed by atoms with Crippen LogP contribution in [0, 0.1) is 5.82 Å². The Balaban J connectivity index is 2.04. The summed E-state index contributed by atoms with van der Waals surface area (Å²) in [6.07, 6.45) is 3.37. The lowest BCUT2D eigenvalue weighted by Crippen LogP contribution is -2.52. The molecule has 1 atom stereocenters. The maximum atomic E-state index is 13.1. The van der Waals surface area contributed by atoms with Crippen molar-refractivity contribution in [3.8, 4) is 0 Å². The van der Waals surface area contributed by atoms with Gasteiger partial charge in [-0.1, -0.05) is 31.0 Å². The van der Waals surface area contributed by atoms with Gasteiger partial charge >= 0.3 is 0 Å². The summed E-state index contributed by atoms with van der Waals surface area (Å²) in [6, 6.07) is 4.45. The van der Waals surface area contributed by atoms with Crippen molar-refractivity contribution in [2.45, 2.75) is 50.5 Å². The Morgan fingerprint density at radius 3 is 2.71 bits per heavy atom. The summed E-state index contributed by atoms with van der Waals surface area (Å²) in [6.45, 7) is 4.24. The summed E-state index contributed by atoms with van der Waals surface area (Å²) >= 11 is 6.13. The quantitative estimate of drug-likeness (QED) is 0.848. The van der Waals surface area contributed by atoms with Gasteiger partial charge in [-0.2, -0.15) is 0 Å². The van der Waals surface area contributed by atoms with Crippen LogP contribution in [0.15, 0.2) is 18.2 Å². The number of nitrogens with two attached hydrogens (primary N) is 1. The third kappa shape index (κ3) is 3.55. The number of hydrogen-bond donors (Lipinski definition) is 2. The van der Waals surface area contributed by atoms with Gasteiger partial charge in [-0.15, -0.1) is 0 Å². The highest BCUT2D eigenvalue weighted by molar-refractivity contribution is 6.31. The van der Waals surface area contributed by atoms with Crippen LogP contribution in [0.2, 0.25) is 5.02 Å². The molecule has 0 aromatic heterocycles. The van der Waals surface area contributed by atoms with Crippen LogP contribution >= 0.6 is 11.6 Å². The van der Waals surface area contributed by atoms with Gasteiger partial charge in [0, 0.05) is 17.0 Å². The van der Waals surface area contributed by atoms with Crippen molar-refractivity contribution in [2.75, 3.05) is 6.54 Å². The molecule has 1 saturated carbocycles. The fourth-order valence-electron chi connectivity index (χ4n) is 2.70. The van der Waals surface area contributed by atoms with Crippen molar-refractivity contribution in [3.05, 3.63) is 34.6 Å². The fraction of sp³-hybridized carbons (Fsp3) is 0.562. The topological polar surface area (TPSA) is 55.1 Å². The molecule has 1 aliphatic carbocycles. The van der Waals surface area contributed by atoms with Gasteiger partial charge in [-0.25, -0.2) is 4.39 Å². The molecule has 0 spiro atoms. The van der Waals surface area contributed by atoms with Crippen molar-refractivity contribution in [2.24, 2.45) is 5.73 Å². The van der Waals surface area contributed by atoms with Crippen LogP contribution in [-0.2, 0) is 10.2 Å². The summed E-state index contributed by atoms with van der Waals surface area (Å²) in [5.74, 6) is -0.491. The van der Waals surface area contributed by atoms with Crippen LogP contribution in [0.1, 0.15) is 45.1 Å². The Morgan fingerprint density at radius 1 is 1.52 bits per heavy atom.